The first kappa shape index (κ1) is 13.1. The molecule has 3 atom stereocenters. The Morgan fingerprint density at radius 3 is 2.67 bits per heavy atom. The van der Waals surface area contributed by atoms with Crippen molar-refractivity contribution in [2.24, 2.45) is 5.92 Å². The molecule has 0 bridgehead atoms. The highest BCUT2D eigenvalue weighted by atomic mass is 16.4. The third kappa shape index (κ3) is 3.13. The molecule has 6 heteroatoms. The fourth-order valence-corrected chi connectivity index (χ4v) is 2.48. The maximum atomic E-state index is 12.0. The summed E-state index contributed by atoms with van der Waals surface area (Å²) in [7, 11) is 0. The predicted octanol–water partition coefficient (Wildman–Crippen LogP) is 0.404. The van der Waals surface area contributed by atoms with Crippen molar-refractivity contribution in [1.29, 1.82) is 0 Å². The molecule has 1 unspecified atom stereocenters. The second-order valence-corrected chi connectivity index (χ2v) is 5.43. The van der Waals surface area contributed by atoms with Gasteiger partial charge in [0, 0.05) is 19.0 Å². The molecule has 2 fully saturated rings. The van der Waals surface area contributed by atoms with Gasteiger partial charge in [0.2, 0.25) is 0 Å². The van der Waals surface area contributed by atoms with Crippen molar-refractivity contribution >= 4 is 12.0 Å². The van der Waals surface area contributed by atoms with Crippen LogP contribution in [0.2, 0.25) is 0 Å². The lowest BCUT2D eigenvalue weighted by Crippen LogP contribution is -2.48. The molecule has 1 heterocycles. The first-order chi connectivity index (χ1) is 8.47. The van der Waals surface area contributed by atoms with Gasteiger partial charge in [-0.25, -0.2) is 9.59 Å². The molecule has 2 aliphatic rings. The SMILES string of the molecule is CC(CC1CC1)NC(=O)N1C[C@H](O)C[C@H]1C(=O)O. The van der Waals surface area contributed by atoms with Crippen LogP contribution in [0.4, 0.5) is 4.79 Å². The normalized spacial score (nSPS) is 29.1. The molecule has 1 saturated carbocycles. The number of urea groups is 1. The molecule has 102 valence electrons. The topological polar surface area (TPSA) is 89.9 Å². The number of β-amino-alcohol motifs (C(OH)–C–C–N with tert-alkyl or cyclic N) is 1. The van der Waals surface area contributed by atoms with Gasteiger partial charge in [-0.1, -0.05) is 12.8 Å². The number of carbonyl (C=O) groups excluding carboxylic acids is 1. The minimum absolute atomic E-state index is 0.0530. The summed E-state index contributed by atoms with van der Waals surface area (Å²) in [6.07, 6.45) is 2.76. The highest BCUT2D eigenvalue weighted by molar-refractivity contribution is 5.83. The average Bonchev–Trinajstić information content (AvgIpc) is 2.97. The summed E-state index contributed by atoms with van der Waals surface area (Å²) in [4.78, 5) is 24.2. The lowest BCUT2D eigenvalue weighted by molar-refractivity contribution is -0.141. The van der Waals surface area contributed by atoms with Crippen LogP contribution in [-0.2, 0) is 4.79 Å². The Morgan fingerprint density at radius 1 is 1.44 bits per heavy atom. The Bertz CT molecular complexity index is 343. The van der Waals surface area contributed by atoms with Crippen molar-refractivity contribution < 1.29 is 19.8 Å². The minimum Gasteiger partial charge on any atom is -0.480 e. The smallest absolute Gasteiger partial charge is 0.326 e. The van der Waals surface area contributed by atoms with Crippen LogP contribution < -0.4 is 5.32 Å². The number of nitrogens with one attached hydrogen (secondary N) is 1. The third-order valence-electron chi connectivity index (χ3n) is 3.58. The summed E-state index contributed by atoms with van der Waals surface area (Å²) in [6, 6.07) is -1.24. The van der Waals surface area contributed by atoms with Crippen LogP contribution in [0.1, 0.15) is 32.6 Å². The number of hydrogen-bond acceptors (Lipinski definition) is 3. The van der Waals surface area contributed by atoms with E-state index in [2.05, 4.69) is 5.32 Å². The summed E-state index contributed by atoms with van der Waals surface area (Å²) >= 11 is 0. The van der Waals surface area contributed by atoms with Crippen LogP contribution in [0.25, 0.3) is 0 Å². The maximum absolute atomic E-state index is 12.0. The van der Waals surface area contributed by atoms with Gasteiger partial charge in [-0.05, 0) is 19.3 Å². The van der Waals surface area contributed by atoms with Crippen LogP contribution >= 0.6 is 0 Å². The fourth-order valence-electron chi connectivity index (χ4n) is 2.48. The molecule has 2 amide bonds. The second kappa shape index (κ2) is 5.14. The van der Waals surface area contributed by atoms with Crippen LogP contribution in [0.15, 0.2) is 0 Å². The average molecular weight is 256 g/mol. The standard InChI is InChI=1S/C12H20N2O4/c1-7(4-8-2-3-8)13-12(18)14-6-9(15)5-10(14)11(16)17/h7-10,15H,2-6H2,1H3,(H,13,18)(H,16,17)/t7?,9-,10+/m1/s1. The largest absolute Gasteiger partial charge is 0.480 e. The van der Waals surface area contributed by atoms with Gasteiger partial charge in [0.05, 0.1) is 6.10 Å². The van der Waals surface area contributed by atoms with Crippen LogP contribution in [0.5, 0.6) is 0 Å². The second-order valence-electron chi connectivity index (χ2n) is 5.43. The van der Waals surface area contributed by atoms with E-state index < -0.39 is 18.1 Å². The van der Waals surface area contributed by atoms with E-state index in [1.165, 1.54) is 17.7 Å². The zero-order chi connectivity index (χ0) is 13.3. The van der Waals surface area contributed by atoms with Gasteiger partial charge >= 0.3 is 12.0 Å². The summed E-state index contributed by atoms with van der Waals surface area (Å²) in [5.74, 6) is -0.351. The number of carboxylic acids is 1. The third-order valence-corrected chi connectivity index (χ3v) is 3.58. The van der Waals surface area contributed by atoms with Crippen molar-refractivity contribution in [2.45, 2.75) is 50.8 Å². The van der Waals surface area contributed by atoms with E-state index >= 15 is 0 Å². The molecule has 0 aromatic heterocycles. The summed E-state index contributed by atoms with van der Waals surface area (Å²) < 4.78 is 0. The Morgan fingerprint density at radius 2 is 2.11 bits per heavy atom. The minimum atomic E-state index is -1.06. The number of nitrogens with zero attached hydrogens (tertiary/aromatic N) is 1. The molecule has 0 aromatic carbocycles. The van der Waals surface area contributed by atoms with E-state index in [1.54, 1.807) is 0 Å². The molecule has 6 nitrogen and oxygen atoms in total. The highest BCUT2D eigenvalue weighted by Crippen LogP contribution is 2.33. The number of likely N-dealkylation sites (tertiary alicyclic amines) is 1. The maximum Gasteiger partial charge on any atom is 0.326 e. The van der Waals surface area contributed by atoms with Gasteiger partial charge in [-0.15, -0.1) is 0 Å². The number of hydrogen-bond donors (Lipinski definition) is 3. The number of carboxylic acid groups (broad SMARTS) is 1. The van der Waals surface area contributed by atoms with E-state index in [4.69, 9.17) is 5.11 Å². The van der Waals surface area contributed by atoms with Crippen molar-refractivity contribution in [3.63, 3.8) is 0 Å². The van der Waals surface area contributed by atoms with E-state index in [0.717, 1.165) is 6.42 Å². The van der Waals surface area contributed by atoms with E-state index in [1.807, 2.05) is 6.92 Å². The number of aliphatic carboxylic acids is 1. The number of aliphatic hydroxyl groups is 1. The Hall–Kier alpha value is -1.30. The Labute approximate surface area is 106 Å². The molecule has 1 saturated heterocycles. The highest BCUT2D eigenvalue weighted by Gasteiger charge is 2.39. The van der Waals surface area contributed by atoms with E-state index in [9.17, 15) is 14.7 Å². The van der Waals surface area contributed by atoms with Gasteiger partial charge in [-0.3, -0.25) is 0 Å². The molecule has 0 spiro atoms. The molecule has 1 aliphatic heterocycles. The Kier molecular flexibility index (Phi) is 3.75. The van der Waals surface area contributed by atoms with Gasteiger partial charge in [-0.2, -0.15) is 0 Å². The predicted molar refractivity (Wildman–Crippen MR) is 64.1 cm³/mol. The summed E-state index contributed by atoms with van der Waals surface area (Å²) in [5, 5.41) is 21.3. The molecule has 3 N–H and O–H groups in total. The molecule has 0 radical (unpaired) electrons. The first-order valence-corrected chi connectivity index (χ1v) is 6.45. The molecular formula is C12H20N2O4. The number of aliphatic hydroxyl groups excluding tert-OH is 1. The van der Waals surface area contributed by atoms with Gasteiger partial charge in [0.25, 0.3) is 0 Å². The monoisotopic (exact) mass is 256 g/mol. The molecule has 2 rings (SSSR count). The van der Waals surface area contributed by atoms with Crippen molar-refractivity contribution in [3.05, 3.63) is 0 Å². The number of rotatable bonds is 4. The summed E-state index contributed by atoms with van der Waals surface area (Å²) in [6.45, 7) is 2.03. The first-order valence-electron chi connectivity index (χ1n) is 6.45. The molecule has 18 heavy (non-hydrogen) atoms. The van der Waals surface area contributed by atoms with Crippen LogP contribution in [-0.4, -0.2) is 51.8 Å². The van der Waals surface area contributed by atoms with Gasteiger partial charge < -0.3 is 20.4 Å². The lowest BCUT2D eigenvalue weighted by atomic mass is 10.1. The van der Waals surface area contributed by atoms with Crippen molar-refractivity contribution in [3.8, 4) is 0 Å². The zero-order valence-corrected chi connectivity index (χ0v) is 10.5. The van der Waals surface area contributed by atoms with Crippen molar-refractivity contribution in [2.75, 3.05) is 6.54 Å². The van der Waals surface area contributed by atoms with Crippen molar-refractivity contribution in [1.82, 2.24) is 10.2 Å². The lowest BCUT2D eigenvalue weighted by Gasteiger charge is -2.24. The fraction of sp³-hybridized carbons (Fsp3) is 0.833. The number of amides is 2. The molecular weight excluding hydrogens is 236 g/mol. The summed E-state index contributed by atoms with van der Waals surface area (Å²) in [5.41, 5.74) is 0. The van der Waals surface area contributed by atoms with E-state index in [-0.39, 0.29) is 25.0 Å². The van der Waals surface area contributed by atoms with Gasteiger partial charge in [0.15, 0.2) is 0 Å². The zero-order valence-electron chi connectivity index (χ0n) is 10.5. The van der Waals surface area contributed by atoms with E-state index in [0.29, 0.717) is 5.92 Å². The molecule has 1 aliphatic carbocycles. The van der Waals surface area contributed by atoms with Gasteiger partial charge in [0.1, 0.15) is 6.04 Å². The quantitative estimate of drug-likeness (QED) is 0.679. The van der Waals surface area contributed by atoms with Crippen LogP contribution in [0, 0.1) is 5.92 Å². The Balaban J connectivity index is 1.88. The number of carbonyl (C=O) groups is 2. The van der Waals surface area contributed by atoms with Crippen LogP contribution in [0.3, 0.4) is 0 Å². The molecule has 0 aromatic rings.